The molecule has 2 nitrogen and oxygen atoms in total. The minimum atomic E-state index is -0.732. The zero-order valence-electron chi connectivity index (χ0n) is 17.0. The van der Waals surface area contributed by atoms with Gasteiger partial charge in [0.2, 0.25) is 0 Å². The van der Waals surface area contributed by atoms with Crippen molar-refractivity contribution in [2.24, 2.45) is 11.8 Å². The first-order valence-electron chi connectivity index (χ1n) is 10.4. The van der Waals surface area contributed by atoms with E-state index in [-0.39, 0.29) is 23.9 Å². The highest BCUT2D eigenvalue weighted by Gasteiger charge is 2.51. The lowest BCUT2D eigenvalue weighted by Crippen LogP contribution is -2.58. The van der Waals surface area contributed by atoms with Crippen molar-refractivity contribution in [2.45, 2.75) is 64.1 Å². The van der Waals surface area contributed by atoms with Crippen LogP contribution in [0.3, 0.4) is 0 Å². The molecule has 0 unspecified atom stereocenters. The second-order valence-corrected chi connectivity index (χ2v) is 9.02. The molecule has 0 radical (unpaired) electrons. The van der Waals surface area contributed by atoms with Gasteiger partial charge in [-0.2, -0.15) is 0 Å². The monoisotopic (exact) mass is 419 g/mol. The molecule has 0 bridgehead atoms. The molecule has 1 fully saturated rings. The molecule has 0 aliphatic carbocycles. The first kappa shape index (κ1) is 21.6. The van der Waals surface area contributed by atoms with E-state index in [1.54, 1.807) is 0 Å². The van der Waals surface area contributed by atoms with Gasteiger partial charge in [0, 0.05) is 34.0 Å². The predicted molar refractivity (Wildman–Crippen MR) is 119 cm³/mol. The molecule has 152 valence electrons. The Morgan fingerprint density at radius 3 is 1.82 bits per heavy atom. The Kier molecular flexibility index (Phi) is 7.09. The summed E-state index contributed by atoms with van der Waals surface area (Å²) in [5, 5.41) is 17.4. The Labute approximate surface area is 179 Å². The summed E-state index contributed by atoms with van der Waals surface area (Å²) in [5.74, 6) is 0.242. The van der Waals surface area contributed by atoms with Gasteiger partial charge in [0.1, 0.15) is 0 Å². The number of piperidine rings is 1. The van der Waals surface area contributed by atoms with Gasteiger partial charge in [0.05, 0.1) is 5.60 Å². The van der Waals surface area contributed by atoms with Crippen LogP contribution in [0.15, 0.2) is 48.5 Å². The summed E-state index contributed by atoms with van der Waals surface area (Å²) in [4.78, 5) is 0. The Hall–Kier alpha value is -1.06. The lowest BCUT2D eigenvalue weighted by molar-refractivity contribution is -0.125. The molecule has 1 heterocycles. The van der Waals surface area contributed by atoms with Gasteiger partial charge in [-0.05, 0) is 48.2 Å². The molecule has 1 saturated heterocycles. The van der Waals surface area contributed by atoms with Crippen LogP contribution in [0.2, 0.25) is 10.0 Å². The molecule has 4 heteroatoms. The van der Waals surface area contributed by atoms with Crippen LogP contribution in [0.25, 0.3) is 0 Å². The third kappa shape index (κ3) is 4.26. The van der Waals surface area contributed by atoms with Crippen LogP contribution in [0, 0.1) is 11.8 Å². The summed E-state index contributed by atoms with van der Waals surface area (Å²) in [5.41, 5.74) is 1.62. The van der Waals surface area contributed by atoms with Gasteiger partial charge in [0.25, 0.3) is 0 Å². The maximum Gasteiger partial charge on any atom is 0.0737 e. The van der Waals surface area contributed by atoms with E-state index >= 15 is 0 Å². The van der Waals surface area contributed by atoms with Crippen LogP contribution in [-0.2, 0) is 0 Å². The maximum atomic E-state index is 12.0. The molecule has 0 saturated carbocycles. The highest BCUT2D eigenvalue weighted by molar-refractivity contribution is 6.30. The van der Waals surface area contributed by atoms with Gasteiger partial charge in [-0.25, -0.2) is 0 Å². The van der Waals surface area contributed by atoms with Crippen LogP contribution >= 0.6 is 23.2 Å². The number of aliphatic hydroxyl groups is 1. The Bertz CT molecular complexity index is 761. The smallest absolute Gasteiger partial charge is 0.0737 e. The van der Waals surface area contributed by atoms with E-state index in [1.807, 2.05) is 24.3 Å². The number of rotatable bonds is 6. The van der Waals surface area contributed by atoms with Crippen LogP contribution in [-0.4, -0.2) is 10.7 Å². The van der Waals surface area contributed by atoms with Crippen LogP contribution in [0.1, 0.15) is 69.7 Å². The van der Waals surface area contributed by atoms with Gasteiger partial charge in [-0.15, -0.1) is 0 Å². The van der Waals surface area contributed by atoms with Gasteiger partial charge in [-0.3, -0.25) is 0 Å². The number of hydrogen-bond donors (Lipinski definition) is 2. The molecule has 2 aromatic carbocycles. The number of nitrogens with one attached hydrogen (secondary N) is 1. The minimum Gasteiger partial charge on any atom is -0.389 e. The lowest BCUT2D eigenvalue weighted by atomic mass is 9.62. The van der Waals surface area contributed by atoms with E-state index in [2.05, 4.69) is 50.4 Å². The van der Waals surface area contributed by atoms with Crippen molar-refractivity contribution >= 4 is 23.2 Å². The van der Waals surface area contributed by atoms with Crippen molar-refractivity contribution in [2.75, 3.05) is 0 Å². The first-order valence-corrected chi connectivity index (χ1v) is 11.2. The zero-order valence-corrected chi connectivity index (χ0v) is 18.5. The fourth-order valence-corrected chi connectivity index (χ4v) is 5.22. The van der Waals surface area contributed by atoms with Crippen LogP contribution < -0.4 is 5.32 Å². The van der Waals surface area contributed by atoms with E-state index in [1.165, 1.54) is 11.1 Å². The molecule has 1 aliphatic rings. The summed E-state index contributed by atoms with van der Waals surface area (Å²) in [6.07, 6.45) is 3.78. The molecular formula is C24H31Cl2NO. The van der Waals surface area contributed by atoms with Crippen LogP contribution in [0.5, 0.6) is 0 Å². The SMILES string of the molecule is CCC[C@@H]1[C@H](c2ccc(Cl)cc2)N[C@H](c2ccc(Cl)cc2)[C@@H](C)[C@@]1(O)CCC. The number of halogens is 2. The normalized spacial score (nSPS) is 30.4. The molecule has 2 aromatic rings. The van der Waals surface area contributed by atoms with Gasteiger partial charge < -0.3 is 10.4 Å². The summed E-state index contributed by atoms with van der Waals surface area (Å²) < 4.78 is 0. The highest BCUT2D eigenvalue weighted by Crippen LogP contribution is 2.50. The fourth-order valence-electron chi connectivity index (χ4n) is 4.96. The molecular weight excluding hydrogens is 389 g/mol. The predicted octanol–water partition coefficient (Wildman–Crippen LogP) is 6.96. The lowest BCUT2D eigenvalue weighted by Gasteiger charge is -2.53. The summed E-state index contributed by atoms with van der Waals surface area (Å²) in [6, 6.07) is 16.2. The maximum absolute atomic E-state index is 12.0. The average Bonchev–Trinajstić information content (AvgIpc) is 2.68. The Morgan fingerprint density at radius 1 is 0.857 bits per heavy atom. The molecule has 0 aromatic heterocycles. The molecule has 2 N–H and O–H groups in total. The van der Waals surface area contributed by atoms with E-state index in [4.69, 9.17) is 23.2 Å². The minimum absolute atomic E-state index is 0.0580. The van der Waals surface area contributed by atoms with Crippen molar-refractivity contribution in [1.82, 2.24) is 5.32 Å². The Morgan fingerprint density at radius 2 is 1.36 bits per heavy atom. The molecule has 0 spiro atoms. The van der Waals surface area contributed by atoms with Gasteiger partial charge in [-0.1, -0.05) is 81.1 Å². The average molecular weight is 420 g/mol. The molecule has 5 atom stereocenters. The topological polar surface area (TPSA) is 32.3 Å². The van der Waals surface area contributed by atoms with Crippen molar-refractivity contribution in [1.29, 1.82) is 0 Å². The molecule has 1 aliphatic heterocycles. The van der Waals surface area contributed by atoms with Crippen molar-refractivity contribution < 1.29 is 5.11 Å². The van der Waals surface area contributed by atoms with Gasteiger partial charge >= 0.3 is 0 Å². The zero-order chi connectivity index (χ0) is 20.3. The molecule has 0 amide bonds. The van der Waals surface area contributed by atoms with Crippen LogP contribution in [0.4, 0.5) is 0 Å². The largest absolute Gasteiger partial charge is 0.389 e. The Balaban J connectivity index is 2.06. The second-order valence-electron chi connectivity index (χ2n) is 8.15. The number of hydrogen-bond acceptors (Lipinski definition) is 2. The highest BCUT2D eigenvalue weighted by atomic mass is 35.5. The quantitative estimate of drug-likeness (QED) is 0.529. The third-order valence-electron chi connectivity index (χ3n) is 6.40. The van der Waals surface area contributed by atoms with E-state index < -0.39 is 5.60 Å². The van der Waals surface area contributed by atoms with Crippen molar-refractivity contribution in [3.63, 3.8) is 0 Å². The summed E-state index contributed by atoms with van der Waals surface area (Å²) in [6.45, 7) is 6.54. The first-order chi connectivity index (χ1) is 13.4. The fraction of sp³-hybridized carbons (Fsp3) is 0.500. The van der Waals surface area contributed by atoms with Crippen molar-refractivity contribution in [3.8, 4) is 0 Å². The summed E-state index contributed by atoms with van der Waals surface area (Å²) in [7, 11) is 0. The number of benzene rings is 2. The van der Waals surface area contributed by atoms with Gasteiger partial charge in [0.15, 0.2) is 0 Å². The standard InChI is InChI=1S/C24H31Cl2NO/c1-4-6-21-23(18-9-13-20(26)14-10-18)27-22(16(3)24(21,28)15-5-2)17-7-11-19(25)12-8-17/h7-14,16,21-23,27-28H,4-6,15H2,1-3H3/t16-,21-,22+,23+,24+/m1/s1. The molecule has 3 rings (SSSR count). The van der Waals surface area contributed by atoms with Crippen molar-refractivity contribution in [3.05, 3.63) is 69.7 Å². The van der Waals surface area contributed by atoms with E-state index in [9.17, 15) is 5.11 Å². The second kappa shape index (κ2) is 9.17. The summed E-state index contributed by atoms with van der Waals surface area (Å²) >= 11 is 12.2. The third-order valence-corrected chi connectivity index (χ3v) is 6.90. The van der Waals surface area contributed by atoms with E-state index in [0.29, 0.717) is 0 Å². The van der Waals surface area contributed by atoms with E-state index in [0.717, 1.165) is 35.7 Å². The molecule has 28 heavy (non-hydrogen) atoms.